The van der Waals surface area contributed by atoms with Gasteiger partial charge in [0.1, 0.15) is 0 Å². The normalized spacial score (nSPS) is 18.1. The van der Waals surface area contributed by atoms with E-state index in [2.05, 4.69) is 69.3 Å². The average molecular weight is 277 g/mol. The Morgan fingerprint density at radius 2 is 1.71 bits per heavy atom. The summed E-state index contributed by atoms with van der Waals surface area (Å²) in [5.41, 5.74) is 6.67. The predicted molar refractivity (Wildman–Crippen MR) is 90.2 cm³/mol. The third-order valence-electron chi connectivity index (χ3n) is 4.41. The number of hydrogen-bond donors (Lipinski definition) is 0. The maximum atomic E-state index is 4.98. The Bertz CT molecular complexity index is 650. The van der Waals surface area contributed by atoms with Crippen LogP contribution in [-0.2, 0) is 0 Å². The highest BCUT2D eigenvalue weighted by Crippen LogP contribution is 2.32. The molecule has 0 fully saturated rings. The number of rotatable bonds is 3. The first kappa shape index (κ1) is 14.1. The molecule has 1 aliphatic rings. The van der Waals surface area contributed by atoms with E-state index in [-0.39, 0.29) is 0 Å². The zero-order chi connectivity index (χ0) is 14.8. The van der Waals surface area contributed by atoms with Gasteiger partial charge in [-0.3, -0.25) is 4.99 Å². The van der Waals surface area contributed by atoms with Crippen LogP contribution in [0.1, 0.15) is 60.9 Å². The number of aliphatic imine (C=N–C) groups is 1. The molecule has 21 heavy (non-hydrogen) atoms. The van der Waals surface area contributed by atoms with Gasteiger partial charge in [-0.2, -0.15) is 0 Å². The highest BCUT2D eigenvalue weighted by molar-refractivity contribution is 6.02. The first-order valence-electron chi connectivity index (χ1n) is 7.87. The lowest BCUT2D eigenvalue weighted by molar-refractivity contribution is 0.722. The van der Waals surface area contributed by atoms with E-state index in [4.69, 9.17) is 4.99 Å². The average Bonchev–Trinajstić information content (AvgIpc) is 2.97. The van der Waals surface area contributed by atoms with Gasteiger partial charge in [-0.1, -0.05) is 62.4 Å². The summed E-state index contributed by atoms with van der Waals surface area (Å²) in [7, 11) is 0. The van der Waals surface area contributed by atoms with Gasteiger partial charge in [0.15, 0.2) is 0 Å². The van der Waals surface area contributed by atoms with Gasteiger partial charge < -0.3 is 0 Å². The van der Waals surface area contributed by atoms with Crippen molar-refractivity contribution in [1.82, 2.24) is 0 Å². The van der Waals surface area contributed by atoms with Crippen LogP contribution in [0.5, 0.6) is 0 Å². The van der Waals surface area contributed by atoms with Crippen LogP contribution < -0.4 is 0 Å². The Morgan fingerprint density at radius 1 is 1.00 bits per heavy atom. The molecule has 0 amide bonds. The second kappa shape index (κ2) is 5.85. The molecule has 1 unspecified atom stereocenters. The van der Waals surface area contributed by atoms with Crippen molar-refractivity contribution in [2.45, 2.75) is 45.6 Å². The van der Waals surface area contributed by atoms with Crippen LogP contribution in [0.25, 0.3) is 0 Å². The van der Waals surface area contributed by atoms with E-state index in [1.54, 1.807) is 0 Å². The van der Waals surface area contributed by atoms with Gasteiger partial charge in [-0.05, 0) is 47.9 Å². The molecule has 1 nitrogen and oxygen atoms in total. The van der Waals surface area contributed by atoms with Gasteiger partial charge in [0.05, 0.1) is 6.04 Å². The molecular formula is C20H23N. The molecule has 0 aliphatic carbocycles. The predicted octanol–water partition coefficient (Wildman–Crippen LogP) is 5.44. The van der Waals surface area contributed by atoms with E-state index in [0.29, 0.717) is 12.0 Å². The molecule has 3 rings (SSSR count). The molecule has 0 radical (unpaired) electrons. The lowest BCUT2D eigenvalue weighted by atomic mass is 9.98. The lowest BCUT2D eigenvalue weighted by Crippen LogP contribution is -1.98. The van der Waals surface area contributed by atoms with Gasteiger partial charge in [-0.25, -0.2) is 0 Å². The largest absolute Gasteiger partial charge is 0.281 e. The fraction of sp³-hybridized carbons (Fsp3) is 0.350. The summed E-state index contributed by atoms with van der Waals surface area (Å²) in [6, 6.07) is 17.9. The molecule has 1 aliphatic heterocycles. The van der Waals surface area contributed by atoms with Crippen LogP contribution in [0.2, 0.25) is 0 Å². The molecule has 0 spiro atoms. The summed E-state index contributed by atoms with van der Waals surface area (Å²) >= 11 is 0. The summed E-state index contributed by atoms with van der Waals surface area (Å²) in [5.74, 6) is 0.591. The second-order valence-electron chi connectivity index (χ2n) is 6.27. The SMILES string of the molecule is Cc1ccccc1C1=NC(c2ccc(C(C)C)cc2)CC1. The van der Waals surface area contributed by atoms with Crippen molar-refractivity contribution in [3.05, 3.63) is 70.8 Å². The fourth-order valence-electron chi connectivity index (χ4n) is 3.04. The van der Waals surface area contributed by atoms with Crippen molar-refractivity contribution in [2.75, 3.05) is 0 Å². The van der Waals surface area contributed by atoms with Gasteiger partial charge in [0.25, 0.3) is 0 Å². The second-order valence-corrected chi connectivity index (χ2v) is 6.27. The first-order chi connectivity index (χ1) is 10.1. The minimum Gasteiger partial charge on any atom is -0.281 e. The van der Waals surface area contributed by atoms with Crippen LogP contribution in [-0.4, -0.2) is 5.71 Å². The minimum absolute atomic E-state index is 0.334. The van der Waals surface area contributed by atoms with E-state index in [1.165, 1.54) is 28.0 Å². The van der Waals surface area contributed by atoms with Gasteiger partial charge in [0, 0.05) is 5.71 Å². The number of hydrogen-bond acceptors (Lipinski definition) is 1. The van der Waals surface area contributed by atoms with Gasteiger partial charge >= 0.3 is 0 Å². The first-order valence-corrected chi connectivity index (χ1v) is 7.87. The zero-order valence-corrected chi connectivity index (χ0v) is 13.1. The Hall–Kier alpha value is -1.89. The topological polar surface area (TPSA) is 12.4 Å². The van der Waals surface area contributed by atoms with E-state index in [1.807, 2.05) is 0 Å². The molecule has 0 aromatic heterocycles. The smallest absolute Gasteiger partial charge is 0.0756 e. The molecule has 0 N–H and O–H groups in total. The van der Waals surface area contributed by atoms with Crippen LogP contribution in [0.4, 0.5) is 0 Å². The molecule has 2 aromatic rings. The van der Waals surface area contributed by atoms with Gasteiger partial charge in [-0.15, -0.1) is 0 Å². The van der Waals surface area contributed by atoms with Crippen molar-refractivity contribution < 1.29 is 0 Å². The minimum atomic E-state index is 0.334. The molecule has 0 bridgehead atoms. The number of aryl methyl sites for hydroxylation is 1. The number of nitrogens with zero attached hydrogens (tertiary/aromatic N) is 1. The zero-order valence-electron chi connectivity index (χ0n) is 13.1. The molecule has 0 saturated carbocycles. The van der Waals surface area contributed by atoms with Crippen molar-refractivity contribution in [2.24, 2.45) is 4.99 Å². The maximum absolute atomic E-state index is 4.98. The Balaban J connectivity index is 1.84. The van der Waals surface area contributed by atoms with Crippen molar-refractivity contribution >= 4 is 5.71 Å². The molecule has 1 heterocycles. The molecule has 0 saturated heterocycles. The third-order valence-corrected chi connectivity index (χ3v) is 4.41. The monoisotopic (exact) mass is 277 g/mol. The van der Waals surface area contributed by atoms with E-state index in [0.717, 1.165) is 12.8 Å². The van der Waals surface area contributed by atoms with Crippen LogP contribution in [0.15, 0.2) is 53.5 Å². The van der Waals surface area contributed by atoms with Crippen molar-refractivity contribution in [3.63, 3.8) is 0 Å². The summed E-state index contributed by atoms with van der Waals surface area (Å²) < 4.78 is 0. The summed E-state index contributed by atoms with van der Waals surface area (Å²) in [4.78, 5) is 4.98. The van der Waals surface area contributed by atoms with E-state index in [9.17, 15) is 0 Å². The van der Waals surface area contributed by atoms with Crippen LogP contribution in [0.3, 0.4) is 0 Å². The Labute approximate surface area is 127 Å². The maximum Gasteiger partial charge on any atom is 0.0756 e. The fourth-order valence-corrected chi connectivity index (χ4v) is 3.04. The molecule has 1 atom stereocenters. The lowest BCUT2D eigenvalue weighted by Gasteiger charge is -2.10. The summed E-state index contributed by atoms with van der Waals surface area (Å²) in [6.45, 7) is 6.64. The third kappa shape index (κ3) is 2.92. The highest BCUT2D eigenvalue weighted by Gasteiger charge is 2.20. The number of benzene rings is 2. The highest BCUT2D eigenvalue weighted by atomic mass is 14.8. The van der Waals surface area contributed by atoms with E-state index < -0.39 is 0 Å². The van der Waals surface area contributed by atoms with Crippen LogP contribution in [0, 0.1) is 6.92 Å². The molecule has 108 valence electrons. The van der Waals surface area contributed by atoms with E-state index >= 15 is 0 Å². The quantitative estimate of drug-likeness (QED) is 0.708. The Morgan fingerprint density at radius 3 is 2.38 bits per heavy atom. The van der Waals surface area contributed by atoms with Crippen molar-refractivity contribution in [1.29, 1.82) is 0 Å². The summed E-state index contributed by atoms with van der Waals surface area (Å²) in [6.07, 6.45) is 2.21. The van der Waals surface area contributed by atoms with Crippen molar-refractivity contribution in [3.8, 4) is 0 Å². The van der Waals surface area contributed by atoms with Crippen LogP contribution >= 0.6 is 0 Å². The van der Waals surface area contributed by atoms with Gasteiger partial charge in [0.2, 0.25) is 0 Å². The molecule has 2 aromatic carbocycles. The molecule has 1 heteroatoms. The Kier molecular flexibility index (Phi) is 3.92. The summed E-state index contributed by atoms with van der Waals surface area (Å²) in [5, 5.41) is 0. The molecular weight excluding hydrogens is 254 g/mol. The standard InChI is InChI=1S/C20H23N/c1-14(2)16-8-10-17(11-9-16)19-12-13-20(21-19)18-7-5-4-6-15(18)3/h4-11,14,19H,12-13H2,1-3H3.